The van der Waals surface area contributed by atoms with E-state index in [-0.39, 0.29) is 11.7 Å². The molecule has 1 aromatic rings. The summed E-state index contributed by atoms with van der Waals surface area (Å²) >= 11 is 0. The molecule has 126 valence electrons. The minimum absolute atomic E-state index is 0.238. The first kappa shape index (κ1) is 16.4. The van der Waals surface area contributed by atoms with Crippen molar-refractivity contribution in [2.24, 2.45) is 0 Å². The molecule has 1 aliphatic heterocycles. The molecule has 2 aliphatic rings. The summed E-state index contributed by atoms with van der Waals surface area (Å²) < 4.78 is 19.7. The third-order valence-electron chi connectivity index (χ3n) is 4.81. The van der Waals surface area contributed by atoms with E-state index in [0.29, 0.717) is 31.6 Å². The Morgan fingerprint density at radius 1 is 1.48 bits per heavy atom. The summed E-state index contributed by atoms with van der Waals surface area (Å²) in [6.07, 6.45) is -0.423. The van der Waals surface area contributed by atoms with Gasteiger partial charge in [0.1, 0.15) is 11.9 Å². The number of morpholine rings is 1. The van der Waals surface area contributed by atoms with Gasteiger partial charge in [0, 0.05) is 31.5 Å². The van der Waals surface area contributed by atoms with Gasteiger partial charge in [-0.25, -0.2) is 4.39 Å². The molecule has 0 bridgehead atoms. The Morgan fingerprint density at radius 3 is 2.87 bits per heavy atom. The fourth-order valence-corrected chi connectivity index (χ4v) is 3.45. The lowest BCUT2D eigenvalue weighted by atomic mass is 9.69. The molecule has 2 fully saturated rings. The number of rotatable bonds is 4. The van der Waals surface area contributed by atoms with E-state index in [1.165, 1.54) is 6.07 Å². The first-order chi connectivity index (χ1) is 11.0. The molecule has 6 heteroatoms. The van der Waals surface area contributed by atoms with Gasteiger partial charge in [0.25, 0.3) is 5.91 Å². The van der Waals surface area contributed by atoms with Crippen LogP contribution in [0.2, 0.25) is 0 Å². The van der Waals surface area contributed by atoms with Gasteiger partial charge in [-0.1, -0.05) is 25.1 Å². The second-order valence-electron chi connectivity index (χ2n) is 6.37. The first-order valence-electron chi connectivity index (χ1n) is 8.13. The van der Waals surface area contributed by atoms with Crippen LogP contribution in [0.1, 0.15) is 25.3 Å². The zero-order valence-corrected chi connectivity index (χ0v) is 13.3. The van der Waals surface area contributed by atoms with Crippen molar-refractivity contribution in [2.75, 3.05) is 26.2 Å². The number of nitrogens with one attached hydrogen (secondary N) is 1. The Labute approximate surface area is 135 Å². The highest BCUT2D eigenvalue weighted by Crippen LogP contribution is 2.42. The van der Waals surface area contributed by atoms with Crippen molar-refractivity contribution >= 4 is 5.91 Å². The molecule has 5 nitrogen and oxygen atoms in total. The van der Waals surface area contributed by atoms with Crippen LogP contribution < -0.4 is 5.32 Å². The molecule has 0 aromatic heterocycles. The number of carbonyl (C=O) groups excluding carboxylic acids is 1. The summed E-state index contributed by atoms with van der Waals surface area (Å²) in [7, 11) is 0. The molecule has 1 atom stereocenters. The first-order valence-corrected chi connectivity index (χ1v) is 8.13. The zero-order valence-electron chi connectivity index (χ0n) is 13.3. The van der Waals surface area contributed by atoms with Crippen LogP contribution in [0.4, 0.5) is 4.39 Å². The van der Waals surface area contributed by atoms with E-state index in [4.69, 9.17) is 4.74 Å². The van der Waals surface area contributed by atoms with E-state index < -0.39 is 17.7 Å². The number of aliphatic hydroxyl groups is 1. The number of halogens is 1. The second kappa shape index (κ2) is 6.55. The van der Waals surface area contributed by atoms with E-state index in [9.17, 15) is 14.3 Å². The molecular weight excluding hydrogens is 299 g/mol. The molecule has 3 rings (SSSR count). The predicted molar refractivity (Wildman–Crippen MR) is 83.3 cm³/mol. The Bertz CT molecular complexity index is 575. The summed E-state index contributed by atoms with van der Waals surface area (Å²) in [4.78, 5) is 14.7. The van der Waals surface area contributed by atoms with Gasteiger partial charge in [-0.05, 0) is 12.6 Å². The van der Waals surface area contributed by atoms with Crippen LogP contribution in [0.3, 0.4) is 0 Å². The van der Waals surface area contributed by atoms with Crippen LogP contribution in [0.15, 0.2) is 24.3 Å². The monoisotopic (exact) mass is 322 g/mol. The summed E-state index contributed by atoms with van der Waals surface area (Å²) in [5.74, 6) is -0.599. The molecule has 1 saturated carbocycles. The lowest BCUT2D eigenvalue weighted by Crippen LogP contribution is -2.61. The van der Waals surface area contributed by atoms with Crippen LogP contribution in [-0.4, -0.2) is 54.4 Å². The molecule has 1 heterocycles. The molecule has 1 amide bonds. The minimum atomic E-state index is -0.834. The van der Waals surface area contributed by atoms with Gasteiger partial charge < -0.3 is 15.2 Å². The quantitative estimate of drug-likeness (QED) is 0.869. The summed E-state index contributed by atoms with van der Waals surface area (Å²) in [6.45, 7) is 4.78. The number of likely N-dealkylation sites (N-methyl/N-ethyl adjacent to an activating group) is 1. The van der Waals surface area contributed by atoms with Crippen LogP contribution in [0.5, 0.6) is 0 Å². The van der Waals surface area contributed by atoms with Gasteiger partial charge in [-0.3, -0.25) is 9.69 Å². The lowest BCUT2D eigenvalue weighted by Gasteiger charge is -2.47. The highest BCUT2D eigenvalue weighted by molar-refractivity contribution is 5.82. The van der Waals surface area contributed by atoms with E-state index >= 15 is 0 Å². The SMILES string of the molecule is CCN1CCOC(C(=O)NC2(c3ccccc3F)CC(O)C2)C1. The predicted octanol–water partition coefficient (Wildman–Crippen LogP) is 1.01. The van der Waals surface area contributed by atoms with Gasteiger partial charge >= 0.3 is 0 Å². The Morgan fingerprint density at radius 2 is 2.22 bits per heavy atom. The van der Waals surface area contributed by atoms with Crippen LogP contribution in [0.25, 0.3) is 0 Å². The fourth-order valence-electron chi connectivity index (χ4n) is 3.45. The number of amides is 1. The normalized spacial score (nSPS) is 31.4. The van der Waals surface area contributed by atoms with Crippen molar-refractivity contribution in [3.63, 3.8) is 0 Å². The fraction of sp³-hybridized carbons (Fsp3) is 0.588. The Balaban J connectivity index is 1.75. The smallest absolute Gasteiger partial charge is 0.251 e. The molecule has 1 unspecified atom stereocenters. The van der Waals surface area contributed by atoms with Crippen molar-refractivity contribution in [1.82, 2.24) is 10.2 Å². The van der Waals surface area contributed by atoms with Crippen LogP contribution >= 0.6 is 0 Å². The van der Waals surface area contributed by atoms with E-state index in [1.54, 1.807) is 18.2 Å². The number of carbonyl (C=O) groups is 1. The van der Waals surface area contributed by atoms with E-state index in [2.05, 4.69) is 10.2 Å². The Kier molecular flexibility index (Phi) is 4.66. The maximum absolute atomic E-state index is 14.2. The van der Waals surface area contributed by atoms with Gasteiger partial charge in [-0.15, -0.1) is 0 Å². The van der Waals surface area contributed by atoms with Crippen molar-refractivity contribution < 1.29 is 19.0 Å². The van der Waals surface area contributed by atoms with Gasteiger partial charge in [0.15, 0.2) is 0 Å². The zero-order chi connectivity index (χ0) is 16.4. The molecule has 0 radical (unpaired) electrons. The van der Waals surface area contributed by atoms with E-state index in [0.717, 1.165) is 13.1 Å². The summed E-state index contributed by atoms with van der Waals surface area (Å²) in [5.41, 5.74) is -0.401. The standard InChI is InChI=1S/C17H23FN2O3/c1-2-20-7-8-23-15(11-20)16(22)19-17(9-12(21)10-17)13-5-3-4-6-14(13)18/h3-6,12,15,21H,2,7-11H2,1H3,(H,19,22). The Hall–Kier alpha value is -1.50. The third-order valence-corrected chi connectivity index (χ3v) is 4.81. The number of ether oxygens (including phenoxy) is 1. The molecule has 1 aliphatic carbocycles. The second-order valence-corrected chi connectivity index (χ2v) is 6.37. The van der Waals surface area contributed by atoms with Crippen molar-refractivity contribution in [3.8, 4) is 0 Å². The van der Waals surface area contributed by atoms with Gasteiger partial charge in [-0.2, -0.15) is 0 Å². The third kappa shape index (κ3) is 3.24. The number of hydrogen-bond acceptors (Lipinski definition) is 4. The molecule has 1 saturated heterocycles. The van der Waals surface area contributed by atoms with Crippen molar-refractivity contribution in [3.05, 3.63) is 35.6 Å². The van der Waals surface area contributed by atoms with Crippen molar-refractivity contribution in [2.45, 2.75) is 37.5 Å². The van der Waals surface area contributed by atoms with E-state index in [1.807, 2.05) is 6.92 Å². The average molecular weight is 322 g/mol. The molecule has 0 spiro atoms. The maximum atomic E-state index is 14.2. The number of hydrogen-bond donors (Lipinski definition) is 2. The highest BCUT2D eigenvalue weighted by atomic mass is 19.1. The van der Waals surface area contributed by atoms with Gasteiger partial charge in [0.05, 0.1) is 18.2 Å². The average Bonchev–Trinajstić information content (AvgIpc) is 2.53. The van der Waals surface area contributed by atoms with Crippen molar-refractivity contribution in [1.29, 1.82) is 0 Å². The maximum Gasteiger partial charge on any atom is 0.251 e. The molecule has 23 heavy (non-hydrogen) atoms. The number of benzene rings is 1. The van der Waals surface area contributed by atoms with Crippen LogP contribution in [0, 0.1) is 5.82 Å². The lowest BCUT2D eigenvalue weighted by molar-refractivity contribution is -0.143. The molecular formula is C17H23FN2O3. The molecule has 1 aromatic carbocycles. The number of aliphatic hydroxyl groups excluding tert-OH is 1. The highest BCUT2D eigenvalue weighted by Gasteiger charge is 2.48. The van der Waals surface area contributed by atoms with Gasteiger partial charge in [0.2, 0.25) is 0 Å². The topological polar surface area (TPSA) is 61.8 Å². The minimum Gasteiger partial charge on any atom is -0.393 e. The largest absolute Gasteiger partial charge is 0.393 e. The summed E-state index contributed by atoms with van der Waals surface area (Å²) in [6, 6.07) is 6.41. The summed E-state index contributed by atoms with van der Waals surface area (Å²) in [5, 5.41) is 12.7. The van der Waals surface area contributed by atoms with Crippen LogP contribution in [-0.2, 0) is 15.1 Å². The number of nitrogens with zero attached hydrogens (tertiary/aromatic N) is 1. The molecule has 2 N–H and O–H groups in total.